The zero-order valence-corrected chi connectivity index (χ0v) is 12.4. The molecule has 0 aliphatic heterocycles. The van der Waals surface area contributed by atoms with E-state index in [0.29, 0.717) is 5.41 Å². The maximum Gasteiger partial charge on any atom is -0.00163 e. The fourth-order valence-electron chi connectivity index (χ4n) is 3.61. The first kappa shape index (κ1) is 13.6. The Kier molecular flexibility index (Phi) is 4.11. The van der Waals surface area contributed by atoms with Gasteiger partial charge in [0.05, 0.1) is 0 Å². The van der Waals surface area contributed by atoms with Gasteiger partial charge in [0.1, 0.15) is 0 Å². The zero-order valence-electron chi connectivity index (χ0n) is 12.4. The van der Waals surface area contributed by atoms with Gasteiger partial charge in [-0.25, -0.2) is 0 Å². The molecule has 1 aliphatic carbocycles. The molecule has 0 saturated carbocycles. The molecule has 0 saturated heterocycles. The summed E-state index contributed by atoms with van der Waals surface area (Å²) in [5.74, 6) is 0.840. The van der Waals surface area contributed by atoms with Crippen LogP contribution >= 0.6 is 0 Å². The molecule has 0 amide bonds. The molecular formula is C17H27N. The number of nitrogens with zero attached hydrogens (tertiary/aromatic N) is 1. The molecule has 0 bridgehead atoms. The summed E-state index contributed by atoms with van der Waals surface area (Å²) in [5.41, 5.74) is 3.57. The second-order valence-electron chi connectivity index (χ2n) is 6.27. The van der Waals surface area contributed by atoms with Crippen LogP contribution in [0.3, 0.4) is 0 Å². The van der Waals surface area contributed by atoms with Gasteiger partial charge in [-0.3, -0.25) is 0 Å². The van der Waals surface area contributed by atoms with Crippen molar-refractivity contribution in [1.82, 2.24) is 4.90 Å². The van der Waals surface area contributed by atoms with E-state index in [9.17, 15) is 0 Å². The molecule has 0 radical (unpaired) electrons. The lowest BCUT2D eigenvalue weighted by molar-refractivity contribution is 0.208. The van der Waals surface area contributed by atoms with Crippen LogP contribution in [0.25, 0.3) is 0 Å². The third kappa shape index (κ3) is 2.47. The van der Waals surface area contributed by atoms with E-state index in [1.807, 2.05) is 0 Å². The number of hydrogen-bond acceptors (Lipinski definition) is 1. The first-order chi connectivity index (χ1) is 8.58. The Labute approximate surface area is 112 Å². The molecule has 2 rings (SSSR count). The van der Waals surface area contributed by atoms with Crippen LogP contribution in [0.1, 0.15) is 44.2 Å². The molecule has 1 aromatic carbocycles. The van der Waals surface area contributed by atoms with Crippen LogP contribution in [0.5, 0.6) is 0 Å². The third-order valence-corrected chi connectivity index (χ3v) is 4.87. The number of benzene rings is 1. The highest BCUT2D eigenvalue weighted by atomic mass is 15.0. The molecule has 0 heterocycles. The predicted molar refractivity (Wildman–Crippen MR) is 79.1 cm³/mol. The van der Waals surface area contributed by atoms with E-state index < -0.39 is 0 Å². The van der Waals surface area contributed by atoms with Gasteiger partial charge in [-0.05, 0) is 62.4 Å². The molecule has 0 spiro atoms. The minimum atomic E-state index is 0.369. The Balaban J connectivity index is 2.33. The number of rotatable bonds is 4. The standard InChI is InChI=1S/C17H27N/c1-5-15-11-10-14-8-6-7-9-16(14)17(15,2)12-13-18(3)4/h6-9,15H,5,10-13H2,1-4H3. The van der Waals surface area contributed by atoms with E-state index in [1.54, 1.807) is 11.1 Å². The average Bonchev–Trinajstić information content (AvgIpc) is 2.37. The summed E-state index contributed by atoms with van der Waals surface area (Å²) in [7, 11) is 4.36. The highest BCUT2D eigenvalue weighted by Gasteiger charge is 2.38. The van der Waals surface area contributed by atoms with Gasteiger partial charge in [-0.2, -0.15) is 0 Å². The number of aryl methyl sites for hydroxylation is 1. The van der Waals surface area contributed by atoms with Crippen LogP contribution in [0.15, 0.2) is 24.3 Å². The molecule has 0 aromatic heterocycles. The predicted octanol–water partition coefficient (Wildman–Crippen LogP) is 3.87. The van der Waals surface area contributed by atoms with Crippen LogP contribution in [0.2, 0.25) is 0 Å². The SMILES string of the molecule is CCC1CCc2ccccc2C1(C)CCN(C)C. The van der Waals surface area contributed by atoms with Gasteiger partial charge in [0.15, 0.2) is 0 Å². The largest absolute Gasteiger partial charge is 0.309 e. The fraction of sp³-hybridized carbons (Fsp3) is 0.647. The molecule has 2 unspecified atom stereocenters. The lowest BCUT2D eigenvalue weighted by atomic mass is 9.62. The average molecular weight is 245 g/mol. The summed E-state index contributed by atoms with van der Waals surface area (Å²) in [5, 5.41) is 0. The summed E-state index contributed by atoms with van der Waals surface area (Å²) < 4.78 is 0. The van der Waals surface area contributed by atoms with Crippen molar-refractivity contribution in [1.29, 1.82) is 0 Å². The highest BCUT2D eigenvalue weighted by Crippen LogP contribution is 2.45. The molecule has 2 atom stereocenters. The van der Waals surface area contributed by atoms with E-state index in [0.717, 1.165) is 5.92 Å². The number of fused-ring (bicyclic) bond motifs is 1. The maximum atomic E-state index is 2.49. The zero-order chi connectivity index (χ0) is 13.2. The first-order valence-corrected chi connectivity index (χ1v) is 7.31. The van der Waals surface area contributed by atoms with Crippen LogP contribution in [0, 0.1) is 5.92 Å². The molecular weight excluding hydrogens is 218 g/mol. The Morgan fingerprint density at radius 3 is 2.67 bits per heavy atom. The lowest BCUT2D eigenvalue weighted by Gasteiger charge is -2.43. The minimum absolute atomic E-state index is 0.369. The Morgan fingerprint density at radius 2 is 2.00 bits per heavy atom. The van der Waals surface area contributed by atoms with E-state index >= 15 is 0 Å². The molecule has 100 valence electrons. The Hall–Kier alpha value is -0.820. The van der Waals surface area contributed by atoms with Crippen LogP contribution in [0.4, 0.5) is 0 Å². The molecule has 1 nitrogen and oxygen atoms in total. The van der Waals surface area contributed by atoms with Crippen molar-refractivity contribution < 1.29 is 0 Å². The smallest absolute Gasteiger partial charge is 0.00163 e. The van der Waals surface area contributed by atoms with Gasteiger partial charge in [0.25, 0.3) is 0 Å². The van der Waals surface area contributed by atoms with Gasteiger partial charge in [-0.1, -0.05) is 44.5 Å². The number of hydrogen-bond donors (Lipinski definition) is 0. The second kappa shape index (κ2) is 5.44. The summed E-state index contributed by atoms with van der Waals surface area (Å²) >= 11 is 0. The minimum Gasteiger partial charge on any atom is -0.309 e. The van der Waals surface area contributed by atoms with Gasteiger partial charge >= 0.3 is 0 Å². The monoisotopic (exact) mass is 245 g/mol. The summed E-state index contributed by atoms with van der Waals surface area (Å²) in [6.07, 6.45) is 5.21. The van der Waals surface area contributed by atoms with Gasteiger partial charge in [-0.15, -0.1) is 0 Å². The van der Waals surface area contributed by atoms with Crippen molar-refractivity contribution in [3.8, 4) is 0 Å². The molecule has 1 heteroatoms. The van der Waals surface area contributed by atoms with Crippen molar-refractivity contribution in [3.05, 3.63) is 35.4 Å². The van der Waals surface area contributed by atoms with Crippen LogP contribution < -0.4 is 0 Å². The maximum absolute atomic E-state index is 2.49. The topological polar surface area (TPSA) is 3.24 Å². The third-order valence-electron chi connectivity index (χ3n) is 4.87. The van der Waals surface area contributed by atoms with Crippen LogP contribution in [-0.2, 0) is 11.8 Å². The van der Waals surface area contributed by atoms with E-state index in [4.69, 9.17) is 0 Å². The van der Waals surface area contributed by atoms with E-state index in [1.165, 1.54) is 32.2 Å². The molecule has 18 heavy (non-hydrogen) atoms. The quantitative estimate of drug-likeness (QED) is 0.778. The van der Waals surface area contributed by atoms with Gasteiger partial charge in [0.2, 0.25) is 0 Å². The molecule has 1 aromatic rings. The lowest BCUT2D eigenvalue weighted by Crippen LogP contribution is -2.39. The van der Waals surface area contributed by atoms with Crippen molar-refractivity contribution >= 4 is 0 Å². The van der Waals surface area contributed by atoms with Gasteiger partial charge in [0, 0.05) is 0 Å². The second-order valence-corrected chi connectivity index (χ2v) is 6.27. The van der Waals surface area contributed by atoms with Crippen molar-refractivity contribution in [3.63, 3.8) is 0 Å². The Morgan fingerprint density at radius 1 is 1.28 bits per heavy atom. The molecule has 1 aliphatic rings. The molecule has 0 N–H and O–H groups in total. The highest BCUT2D eigenvalue weighted by molar-refractivity contribution is 5.37. The van der Waals surface area contributed by atoms with E-state index in [-0.39, 0.29) is 0 Å². The first-order valence-electron chi connectivity index (χ1n) is 7.31. The van der Waals surface area contributed by atoms with Gasteiger partial charge < -0.3 is 4.90 Å². The fourth-order valence-corrected chi connectivity index (χ4v) is 3.61. The van der Waals surface area contributed by atoms with Crippen LogP contribution in [-0.4, -0.2) is 25.5 Å². The van der Waals surface area contributed by atoms with Crippen molar-refractivity contribution in [2.45, 2.75) is 44.9 Å². The van der Waals surface area contributed by atoms with Crippen molar-refractivity contribution in [2.24, 2.45) is 5.92 Å². The summed E-state index contributed by atoms with van der Waals surface area (Å²) in [6.45, 7) is 6.02. The van der Waals surface area contributed by atoms with Crippen molar-refractivity contribution in [2.75, 3.05) is 20.6 Å². The summed E-state index contributed by atoms with van der Waals surface area (Å²) in [6, 6.07) is 9.10. The molecule has 0 fully saturated rings. The Bertz CT molecular complexity index is 396. The van der Waals surface area contributed by atoms with E-state index in [2.05, 4.69) is 57.1 Å². The summed E-state index contributed by atoms with van der Waals surface area (Å²) in [4.78, 5) is 2.31. The normalized spacial score (nSPS) is 27.3.